The molecule has 0 N–H and O–H groups in total. The maximum atomic E-state index is 5.97. The van der Waals surface area contributed by atoms with E-state index in [-0.39, 0.29) is 0 Å². The van der Waals surface area contributed by atoms with Gasteiger partial charge in [0.25, 0.3) is 0 Å². The fourth-order valence-electron chi connectivity index (χ4n) is 2.82. The largest absolute Gasteiger partial charge is 0.306 e. The van der Waals surface area contributed by atoms with Gasteiger partial charge in [0, 0.05) is 23.0 Å². The third kappa shape index (κ3) is 2.62. The van der Waals surface area contributed by atoms with Crippen LogP contribution in [0.15, 0.2) is 73.1 Å². The van der Waals surface area contributed by atoms with E-state index in [0.29, 0.717) is 0 Å². The minimum Gasteiger partial charge on any atom is -0.306 e. The molecule has 4 aromatic rings. The highest BCUT2D eigenvalue weighted by molar-refractivity contribution is 6.30. The van der Waals surface area contributed by atoms with Crippen LogP contribution in [0.5, 0.6) is 0 Å². The predicted molar refractivity (Wildman–Crippen MR) is 95.8 cm³/mol. The summed E-state index contributed by atoms with van der Waals surface area (Å²) in [5.41, 5.74) is 6.56. The van der Waals surface area contributed by atoms with E-state index < -0.39 is 0 Å². The van der Waals surface area contributed by atoms with Gasteiger partial charge in [0.05, 0.1) is 5.69 Å². The van der Waals surface area contributed by atoms with Crippen LogP contribution in [-0.2, 0) is 0 Å². The molecule has 0 fully saturated rings. The van der Waals surface area contributed by atoms with Crippen LogP contribution >= 0.6 is 11.6 Å². The number of aryl methyl sites for hydroxylation is 1. The van der Waals surface area contributed by atoms with Crippen molar-refractivity contribution in [1.29, 1.82) is 0 Å². The first kappa shape index (κ1) is 14.0. The Hall–Kier alpha value is -2.58. The molecule has 2 nitrogen and oxygen atoms in total. The van der Waals surface area contributed by atoms with Crippen LogP contribution in [0.25, 0.3) is 28.0 Å². The lowest BCUT2D eigenvalue weighted by atomic mass is 10.1. The van der Waals surface area contributed by atoms with E-state index in [1.54, 1.807) is 0 Å². The molecule has 0 spiro atoms. The summed E-state index contributed by atoms with van der Waals surface area (Å²) in [5.74, 6) is 0. The number of benzene rings is 2. The van der Waals surface area contributed by atoms with Crippen molar-refractivity contribution in [2.45, 2.75) is 6.92 Å². The summed E-state index contributed by atoms with van der Waals surface area (Å²) in [6, 6.07) is 20.4. The second-order valence-corrected chi connectivity index (χ2v) is 6.08. The molecule has 0 atom stereocenters. The summed E-state index contributed by atoms with van der Waals surface area (Å²) in [6.07, 6.45) is 4.20. The van der Waals surface area contributed by atoms with E-state index in [1.807, 2.05) is 30.3 Å². The number of halogens is 1. The zero-order chi connectivity index (χ0) is 15.8. The van der Waals surface area contributed by atoms with Gasteiger partial charge in [0.1, 0.15) is 5.65 Å². The van der Waals surface area contributed by atoms with Crippen molar-refractivity contribution in [3.8, 4) is 22.4 Å². The summed E-state index contributed by atoms with van der Waals surface area (Å²) in [6.45, 7) is 2.10. The molecule has 112 valence electrons. The average molecular weight is 319 g/mol. The predicted octanol–water partition coefficient (Wildman–Crippen LogP) is 5.63. The zero-order valence-corrected chi connectivity index (χ0v) is 13.5. The maximum absolute atomic E-state index is 5.97. The van der Waals surface area contributed by atoms with Crippen molar-refractivity contribution in [1.82, 2.24) is 9.38 Å². The van der Waals surface area contributed by atoms with E-state index in [1.165, 1.54) is 11.1 Å². The van der Waals surface area contributed by atoms with Crippen LogP contribution in [0.4, 0.5) is 0 Å². The van der Waals surface area contributed by atoms with Crippen LogP contribution in [0, 0.1) is 6.92 Å². The van der Waals surface area contributed by atoms with Crippen LogP contribution in [-0.4, -0.2) is 9.38 Å². The molecule has 0 aliphatic carbocycles. The van der Waals surface area contributed by atoms with E-state index in [4.69, 9.17) is 16.6 Å². The Labute approximate surface area is 140 Å². The highest BCUT2D eigenvalue weighted by atomic mass is 35.5. The molecule has 4 rings (SSSR count). The minimum absolute atomic E-state index is 0.736. The van der Waals surface area contributed by atoms with Crippen LogP contribution in [0.3, 0.4) is 0 Å². The smallest absolute Gasteiger partial charge is 0.140 e. The molecule has 0 bridgehead atoms. The summed E-state index contributed by atoms with van der Waals surface area (Å²) >= 11 is 5.97. The van der Waals surface area contributed by atoms with Gasteiger partial charge in [-0.05, 0) is 41.8 Å². The number of nitrogens with zero attached hydrogens (tertiary/aromatic N) is 2. The summed E-state index contributed by atoms with van der Waals surface area (Å²) < 4.78 is 2.10. The number of pyridine rings is 1. The van der Waals surface area contributed by atoms with E-state index in [2.05, 4.69) is 54.0 Å². The Morgan fingerprint density at radius 1 is 0.826 bits per heavy atom. The van der Waals surface area contributed by atoms with Crippen molar-refractivity contribution in [3.05, 3.63) is 83.6 Å². The number of fused-ring (bicyclic) bond motifs is 1. The standard InChI is InChI=1S/C20H15ClN2/c1-14-11-17(15-5-3-2-4-6-15)12-23-13-19(22-20(14)23)16-7-9-18(21)10-8-16/h2-13H,1H3. The number of hydrogen-bond acceptors (Lipinski definition) is 1. The molecule has 0 saturated carbocycles. The quantitative estimate of drug-likeness (QED) is 0.468. The summed E-state index contributed by atoms with van der Waals surface area (Å²) in [5, 5.41) is 0.736. The number of imidazole rings is 1. The Balaban J connectivity index is 1.85. The minimum atomic E-state index is 0.736. The molecular weight excluding hydrogens is 304 g/mol. The second-order valence-electron chi connectivity index (χ2n) is 5.64. The Morgan fingerprint density at radius 3 is 2.30 bits per heavy atom. The molecule has 0 radical (unpaired) electrons. The van der Waals surface area contributed by atoms with Gasteiger partial charge in [-0.2, -0.15) is 0 Å². The van der Waals surface area contributed by atoms with E-state index >= 15 is 0 Å². The van der Waals surface area contributed by atoms with Crippen molar-refractivity contribution < 1.29 is 0 Å². The topological polar surface area (TPSA) is 17.3 Å². The van der Waals surface area contributed by atoms with Crippen molar-refractivity contribution in [3.63, 3.8) is 0 Å². The van der Waals surface area contributed by atoms with Gasteiger partial charge in [0.15, 0.2) is 0 Å². The van der Waals surface area contributed by atoms with Crippen LogP contribution in [0.1, 0.15) is 5.56 Å². The molecule has 2 aromatic carbocycles. The Kier molecular flexibility index (Phi) is 3.40. The fraction of sp³-hybridized carbons (Fsp3) is 0.0500. The molecular formula is C20H15ClN2. The highest BCUT2D eigenvalue weighted by Crippen LogP contribution is 2.26. The molecule has 0 saturated heterocycles. The van der Waals surface area contributed by atoms with Crippen LogP contribution < -0.4 is 0 Å². The molecule has 23 heavy (non-hydrogen) atoms. The number of rotatable bonds is 2. The van der Waals surface area contributed by atoms with Crippen molar-refractivity contribution in [2.75, 3.05) is 0 Å². The summed E-state index contributed by atoms with van der Waals surface area (Å²) in [7, 11) is 0. The molecule has 2 aromatic heterocycles. The fourth-order valence-corrected chi connectivity index (χ4v) is 2.94. The lowest BCUT2D eigenvalue weighted by Gasteiger charge is -2.05. The molecule has 2 heterocycles. The Bertz CT molecular complexity index is 970. The van der Waals surface area contributed by atoms with Crippen molar-refractivity contribution >= 4 is 17.2 Å². The lowest BCUT2D eigenvalue weighted by Crippen LogP contribution is -1.89. The monoisotopic (exact) mass is 318 g/mol. The molecule has 0 aliphatic heterocycles. The maximum Gasteiger partial charge on any atom is 0.140 e. The first-order chi connectivity index (χ1) is 11.2. The van der Waals surface area contributed by atoms with Gasteiger partial charge >= 0.3 is 0 Å². The third-order valence-corrected chi connectivity index (χ3v) is 4.23. The normalized spacial score (nSPS) is 11.0. The number of hydrogen-bond donors (Lipinski definition) is 0. The molecule has 0 aliphatic rings. The first-order valence-corrected chi connectivity index (χ1v) is 7.89. The van der Waals surface area contributed by atoms with E-state index in [9.17, 15) is 0 Å². The average Bonchev–Trinajstić information content (AvgIpc) is 3.01. The van der Waals surface area contributed by atoms with E-state index in [0.717, 1.165) is 27.5 Å². The highest BCUT2D eigenvalue weighted by Gasteiger charge is 2.08. The molecule has 0 amide bonds. The van der Waals surface area contributed by atoms with Gasteiger partial charge in [-0.3, -0.25) is 0 Å². The van der Waals surface area contributed by atoms with Gasteiger partial charge in [0.2, 0.25) is 0 Å². The van der Waals surface area contributed by atoms with Gasteiger partial charge in [-0.25, -0.2) is 4.98 Å². The summed E-state index contributed by atoms with van der Waals surface area (Å²) in [4.78, 5) is 4.77. The second kappa shape index (κ2) is 5.56. The molecule has 0 unspecified atom stereocenters. The Morgan fingerprint density at radius 2 is 1.57 bits per heavy atom. The third-order valence-electron chi connectivity index (χ3n) is 3.98. The zero-order valence-electron chi connectivity index (χ0n) is 12.7. The van der Waals surface area contributed by atoms with Gasteiger partial charge in [-0.15, -0.1) is 0 Å². The van der Waals surface area contributed by atoms with Gasteiger partial charge in [-0.1, -0.05) is 54.1 Å². The SMILES string of the molecule is Cc1cc(-c2ccccc2)cn2cc(-c3ccc(Cl)cc3)nc12. The number of aromatic nitrogens is 2. The van der Waals surface area contributed by atoms with Crippen LogP contribution in [0.2, 0.25) is 5.02 Å². The molecule has 3 heteroatoms. The van der Waals surface area contributed by atoms with Crippen molar-refractivity contribution in [2.24, 2.45) is 0 Å². The first-order valence-electron chi connectivity index (χ1n) is 7.51. The van der Waals surface area contributed by atoms with Gasteiger partial charge < -0.3 is 4.40 Å². The lowest BCUT2D eigenvalue weighted by molar-refractivity contribution is 1.17.